The van der Waals surface area contributed by atoms with Gasteiger partial charge in [0.05, 0.1) is 7.11 Å². The summed E-state index contributed by atoms with van der Waals surface area (Å²) >= 11 is 0. The molecule has 0 saturated carbocycles. The quantitative estimate of drug-likeness (QED) is 0.342. The van der Waals surface area contributed by atoms with Gasteiger partial charge in [0.25, 0.3) is 0 Å². The highest BCUT2D eigenvalue weighted by molar-refractivity contribution is 5.82. The minimum Gasteiger partial charge on any atom is -0.507 e. The van der Waals surface area contributed by atoms with Crippen molar-refractivity contribution in [2.75, 3.05) is 7.11 Å². The smallest absolute Gasteiger partial charge is 0.305 e. The molecular weight excluding hydrogens is 371 g/mol. The normalized spacial score (nSPS) is 11.9. The zero-order valence-electron chi connectivity index (χ0n) is 17.5. The van der Waals surface area contributed by atoms with E-state index in [4.69, 9.17) is 0 Å². The molecule has 2 aromatic rings. The minimum atomic E-state index is -0.319. The first kappa shape index (κ1) is 22.6. The molecule has 0 spiro atoms. The van der Waals surface area contributed by atoms with E-state index in [2.05, 4.69) is 4.74 Å². The maximum atomic E-state index is 13.5. The van der Waals surface area contributed by atoms with Gasteiger partial charge in [0.1, 0.15) is 11.6 Å². The second-order valence-corrected chi connectivity index (χ2v) is 7.45. The Labute approximate surface area is 171 Å². The highest BCUT2D eigenvalue weighted by Gasteiger charge is 2.24. The number of esters is 1. The van der Waals surface area contributed by atoms with Crippen molar-refractivity contribution in [3.63, 3.8) is 0 Å². The van der Waals surface area contributed by atoms with E-state index in [0.29, 0.717) is 24.0 Å². The zero-order chi connectivity index (χ0) is 21.6. The van der Waals surface area contributed by atoms with Gasteiger partial charge < -0.3 is 9.84 Å². The highest BCUT2D eigenvalue weighted by atomic mass is 19.1. The molecule has 1 unspecified atom stereocenters. The number of aromatic hydroxyl groups is 1. The van der Waals surface area contributed by atoms with Gasteiger partial charge in [-0.2, -0.15) is 0 Å². The van der Waals surface area contributed by atoms with Gasteiger partial charge in [-0.3, -0.25) is 9.59 Å². The molecule has 156 valence electrons. The summed E-state index contributed by atoms with van der Waals surface area (Å²) in [7, 11) is 1.38. The third kappa shape index (κ3) is 5.22. The Morgan fingerprint density at radius 3 is 2.31 bits per heavy atom. The second-order valence-electron chi connectivity index (χ2n) is 7.45. The molecule has 0 radical (unpaired) electrons. The van der Waals surface area contributed by atoms with Gasteiger partial charge in [0.2, 0.25) is 0 Å². The number of ether oxygens (including phenoxy) is 1. The maximum Gasteiger partial charge on any atom is 0.305 e. The summed E-state index contributed by atoms with van der Waals surface area (Å²) in [5.41, 5.74) is 4.41. The highest BCUT2D eigenvalue weighted by Crippen LogP contribution is 2.41. The Bertz CT molecular complexity index is 872. The summed E-state index contributed by atoms with van der Waals surface area (Å²) < 4.78 is 18.1. The average molecular weight is 400 g/mol. The van der Waals surface area contributed by atoms with E-state index in [1.807, 2.05) is 13.8 Å². The number of rotatable bonds is 9. The number of hydrogen-bond donors (Lipinski definition) is 1. The molecule has 5 heteroatoms. The molecular formula is C24H29FO4. The van der Waals surface area contributed by atoms with Crippen LogP contribution in [0.1, 0.15) is 76.2 Å². The van der Waals surface area contributed by atoms with Gasteiger partial charge in [0, 0.05) is 23.5 Å². The van der Waals surface area contributed by atoms with Gasteiger partial charge in [-0.25, -0.2) is 4.39 Å². The lowest BCUT2D eigenvalue weighted by Crippen LogP contribution is -2.09. The van der Waals surface area contributed by atoms with Crippen molar-refractivity contribution in [2.24, 2.45) is 0 Å². The summed E-state index contributed by atoms with van der Waals surface area (Å²) in [5, 5.41) is 10.9. The topological polar surface area (TPSA) is 63.6 Å². The van der Waals surface area contributed by atoms with E-state index in [1.165, 1.54) is 19.2 Å². The van der Waals surface area contributed by atoms with Crippen molar-refractivity contribution in [1.82, 2.24) is 0 Å². The number of phenols is 1. The van der Waals surface area contributed by atoms with Crippen LogP contribution in [0.25, 0.3) is 0 Å². The Morgan fingerprint density at radius 2 is 1.72 bits per heavy atom. The van der Waals surface area contributed by atoms with Gasteiger partial charge in [-0.1, -0.05) is 25.0 Å². The number of unbranched alkanes of at least 4 members (excludes halogenated alkanes) is 2. The molecule has 0 fully saturated rings. The van der Waals surface area contributed by atoms with Crippen molar-refractivity contribution in [3.05, 3.63) is 63.5 Å². The molecule has 2 rings (SSSR count). The molecule has 0 saturated heterocycles. The Balaban J connectivity index is 2.38. The van der Waals surface area contributed by atoms with E-state index in [0.717, 1.165) is 47.8 Å². The van der Waals surface area contributed by atoms with Crippen LogP contribution in [0.5, 0.6) is 5.75 Å². The summed E-state index contributed by atoms with van der Waals surface area (Å²) in [5.74, 6) is -0.528. The molecule has 4 nitrogen and oxygen atoms in total. The third-order valence-electron chi connectivity index (χ3n) is 5.72. The Kier molecular flexibility index (Phi) is 7.94. The SMILES string of the molecule is COC(=O)CCCCCC(c1ccc(F)cc1)c1c(C)c(C=O)c(C)c(C)c1O. The number of aldehydes is 1. The summed E-state index contributed by atoms with van der Waals surface area (Å²) in [6, 6.07) is 6.27. The maximum absolute atomic E-state index is 13.5. The Morgan fingerprint density at radius 1 is 1.07 bits per heavy atom. The summed E-state index contributed by atoms with van der Waals surface area (Å²) in [6.45, 7) is 5.48. The van der Waals surface area contributed by atoms with Gasteiger partial charge in [-0.15, -0.1) is 0 Å². The lowest BCUT2D eigenvalue weighted by Gasteiger charge is -2.25. The standard InChI is InChI=1S/C24H29FO4/c1-15-16(2)24(28)23(17(3)21(15)14-26)20(18-10-12-19(25)13-11-18)8-6-5-7-9-22(27)29-4/h10-14,20,28H,5-9H2,1-4H3. The molecule has 0 aromatic heterocycles. The molecule has 0 aliphatic carbocycles. The van der Waals surface area contributed by atoms with Crippen molar-refractivity contribution in [3.8, 4) is 5.75 Å². The van der Waals surface area contributed by atoms with Crippen LogP contribution in [0, 0.1) is 26.6 Å². The van der Waals surface area contributed by atoms with Crippen LogP contribution in [0.4, 0.5) is 4.39 Å². The predicted molar refractivity (Wildman–Crippen MR) is 111 cm³/mol. The average Bonchev–Trinajstić information content (AvgIpc) is 2.71. The number of hydrogen-bond acceptors (Lipinski definition) is 4. The molecule has 29 heavy (non-hydrogen) atoms. The first-order chi connectivity index (χ1) is 13.8. The van der Waals surface area contributed by atoms with Crippen molar-refractivity contribution in [2.45, 2.75) is 58.8 Å². The number of carbonyl (C=O) groups excluding carboxylic acids is 2. The molecule has 1 atom stereocenters. The van der Waals surface area contributed by atoms with Crippen LogP contribution >= 0.6 is 0 Å². The van der Waals surface area contributed by atoms with Crippen LogP contribution in [0.15, 0.2) is 24.3 Å². The van der Waals surface area contributed by atoms with Crippen LogP contribution in [-0.2, 0) is 9.53 Å². The van der Waals surface area contributed by atoms with Crippen molar-refractivity contribution >= 4 is 12.3 Å². The number of methoxy groups -OCH3 is 1. The second kappa shape index (κ2) is 10.2. The van der Waals surface area contributed by atoms with E-state index in [-0.39, 0.29) is 23.5 Å². The van der Waals surface area contributed by atoms with Crippen molar-refractivity contribution < 1.29 is 23.8 Å². The summed E-state index contributed by atoms with van der Waals surface area (Å²) in [4.78, 5) is 23.0. The first-order valence-electron chi connectivity index (χ1n) is 9.91. The van der Waals surface area contributed by atoms with Crippen LogP contribution in [0.3, 0.4) is 0 Å². The third-order valence-corrected chi connectivity index (χ3v) is 5.72. The monoisotopic (exact) mass is 400 g/mol. The van der Waals surface area contributed by atoms with E-state index in [9.17, 15) is 19.1 Å². The fourth-order valence-electron chi connectivity index (χ4n) is 3.86. The zero-order valence-corrected chi connectivity index (χ0v) is 17.5. The molecule has 0 amide bonds. The lowest BCUT2D eigenvalue weighted by atomic mass is 9.80. The molecule has 2 aromatic carbocycles. The number of carbonyl (C=O) groups is 2. The van der Waals surface area contributed by atoms with E-state index >= 15 is 0 Å². The van der Waals surface area contributed by atoms with Crippen LogP contribution < -0.4 is 0 Å². The Hall–Kier alpha value is -2.69. The van der Waals surface area contributed by atoms with Gasteiger partial charge in [-0.05, 0) is 68.0 Å². The first-order valence-corrected chi connectivity index (χ1v) is 9.91. The summed E-state index contributed by atoms with van der Waals surface area (Å²) in [6.07, 6.45) is 4.29. The molecule has 1 N–H and O–H groups in total. The fourth-order valence-corrected chi connectivity index (χ4v) is 3.86. The largest absolute Gasteiger partial charge is 0.507 e. The molecule has 0 aliphatic heterocycles. The van der Waals surface area contributed by atoms with Crippen LogP contribution in [0.2, 0.25) is 0 Å². The molecule has 0 aliphatic rings. The number of halogens is 1. The van der Waals surface area contributed by atoms with Crippen LogP contribution in [-0.4, -0.2) is 24.5 Å². The van der Waals surface area contributed by atoms with E-state index in [1.54, 1.807) is 19.1 Å². The van der Waals surface area contributed by atoms with Crippen molar-refractivity contribution in [1.29, 1.82) is 0 Å². The lowest BCUT2D eigenvalue weighted by molar-refractivity contribution is -0.140. The molecule has 0 bridgehead atoms. The van der Waals surface area contributed by atoms with Gasteiger partial charge in [0.15, 0.2) is 6.29 Å². The minimum absolute atomic E-state index is 0.174. The predicted octanol–water partition coefficient (Wildman–Crippen LogP) is 5.52. The number of phenolic OH excluding ortho intramolecular Hbond substituents is 1. The number of benzene rings is 2. The molecule has 0 heterocycles. The van der Waals surface area contributed by atoms with E-state index < -0.39 is 0 Å². The van der Waals surface area contributed by atoms with Gasteiger partial charge >= 0.3 is 5.97 Å². The fraction of sp³-hybridized carbons (Fsp3) is 0.417.